The molecule has 74 valence electrons. The third-order valence-electron chi connectivity index (χ3n) is 2.38. The summed E-state index contributed by atoms with van der Waals surface area (Å²) in [7, 11) is 0. The van der Waals surface area contributed by atoms with Crippen LogP contribution in [0.1, 0.15) is 23.6 Å². The second-order valence-electron chi connectivity index (χ2n) is 3.54. The zero-order valence-electron chi connectivity index (χ0n) is 8.12. The minimum Gasteiger partial charge on any atom is -0.449 e. The number of hydrogen-bond donors (Lipinski definition) is 1. The Hall–Kier alpha value is -1.51. The van der Waals surface area contributed by atoms with Crippen molar-refractivity contribution in [1.29, 1.82) is 0 Å². The van der Waals surface area contributed by atoms with Crippen LogP contribution in [0.3, 0.4) is 0 Å². The smallest absolute Gasteiger partial charge is 0.407 e. The molecule has 0 aromatic heterocycles. The number of carbonyl (C=O) groups excluding carboxylic acids is 1. The third kappa shape index (κ3) is 1.87. The molecule has 0 unspecified atom stereocenters. The molecule has 1 aliphatic rings. The molecule has 1 heterocycles. The zero-order chi connectivity index (χ0) is 9.97. The molecule has 3 heteroatoms. The van der Waals surface area contributed by atoms with Crippen LogP contribution in [0.2, 0.25) is 0 Å². The number of nitrogens with one attached hydrogen (secondary N) is 1. The fraction of sp³-hybridized carbons (Fsp3) is 0.364. The fourth-order valence-corrected chi connectivity index (χ4v) is 1.66. The maximum atomic E-state index is 11.0. The number of benzene rings is 1. The van der Waals surface area contributed by atoms with Gasteiger partial charge in [-0.1, -0.05) is 29.8 Å². The number of amides is 1. The van der Waals surface area contributed by atoms with E-state index in [-0.39, 0.29) is 12.1 Å². The summed E-state index contributed by atoms with van der Waals surface area (Å²) in [4.78, 5) is 11.0. The Morgan fingerprint density at radius 2 is 2.36 bits per heavy atom. The van der Waals surface area contributed by atoms with Gasteiger partial charge in [-0.2, -0.15) is 0 Å². The van der Waals surface area contributed by atoms with Crippen molar-refractivity contribution < 1.29 is 9.53 Å². The van der Waals surface area contributed by atoms with Crippen molar-refractivity contribution in [3.8, 4) is 0 Å². The summed E-state index contributed by atoms with van der Waals surface area (Å²) in [5.41, 5.74) is 2.37. The number of cyclic esters (lactones) is 1. The van der Waals surface area contributed by atoms with E-state index in [1.54, 1.807) is 0 Å². The largest absolute Gasteiger partial charge is 0.449 e. The number of alkyl carbamates (subject to hydrolysis) is 1. The van der Waals surface area contributed by atoms with Crippen molar-refractivity contribution >= 4 is 6.09 Å². The highest BCUT2D eigenvalue weighted by Crippen LogP contribution is 2.20. The molecule has 1 N–H and O–H groups in total. The van der Waals surface area contributed by atoms with Crippen molar-refractivity contribution in [2.45, 2.75) is 19.4 Å². The van der Waals surface area contributed by atoms with Crippen LogP contribution in [-0.2, 0) is 4.74 Å². The Morgan fingerprint density at radius 3 is 3.07 bits per heavy atom. The number of ether oxygens (including phenoxy) is 1. The van der Waals surface area contributed by atoms with Gasteiger partial charge in [0.1, 0.15) is 0 Å². The Balaban J connectivity index is 2.17. The Morgan fingerprint density at radius 1 is 1.50 bits per heavy atom. The minimum absolute atomic E-state index is 0.108. The quantitative estimate of drug-likeness (QED) is 0.738. The van der Waals surface area contributed by atoms with Crippen LogP contribution in [0.25, 0.3) is 0 Å². The van der Waals surface area contributed by atoms with Crippen LogP contribution >= 0.6 is 0 Å². The molecule has 2 rings (SSSR count). The number of rotatable bonds is 1. The van der Waals surface area contributed by atoms with Crippen LogP contribution in [0, 0.1) is 6.92 Å². The molecular formula is C11H13NO2. The Labute approximate surface area is 83.1 Å². The molecule has 14 heavy (non-hydrogen) atoms. The molecule has 1 fully saturated rings. The third-order valence-corrected chi connectivity index (χ3v) is 2.38. The lowest BCUT2D eigenvalue weighted by Gasteiger charge is -2.23. The highest BCUT2D eigenvalue weighted by molar-refractivity contribution is 5.68. The van der Waals surface area contributed by atoms with E-state index in [2.05, 4.69) is 11.4 Å². The maximum Gasteiger partial charge on any atom is 0.407 e. The van der Waals surface area contributed by atoms with E-state index in [0.717, 1.165) is 12.0 Å². The minimum atomic E-state index is -0.317. The second kappa shape index (κ2) is 3.70. The maximum absolute atomic E-state index is 11.0. The van der Waals surface area contributed by atoms with E-state index in [9.17, 15) is 4.79 Å². The monoisotopic (exact) mass is 191 g/mol. The van der Waals surface area contributed by atoms with E-state index in [1.807, 2.05) is 25.1 Å². The van der Waals surface area contributed by atoms with Crippen molar-refractivity contribution in [2.75, 3.05) is 6.61 Å². The fourth-order valence-electron chi connectivity index (χ4n) is 1.66. The van der Waals surface area contributed by atoms with Gasteiger partial charge in [-0.25, -0.2) is 4.79 Å². The summed E-state index contributed by atoms with van der Waals surface area (Å²) in [6.45, 7) is 2.55. The first-order valence-electron chi connectivity index (χ1n) is 4.75. The van der Waals surface area contributed by atoms with Gasteiger partial charge in [-0.3, -0.25) is 0 Å². The molecule has 1 aromatic rings. The van der Waals surface area contributed by atoms with Gasteiger partial charge in [0.2, 0.25) is 0 Å². The van der Waals surface area contributed by atoms with Gasteiger partial charge >= 0.3 is 6.09 Å². The van der Waals surface area contributed by atoms with E-state index in [1.165, 1.54) is 5.56 Å². The molecule has 0 radical (unpaired) electrons. The summed E-state index contributed by atoms with van der Waals surface area (Å²) < 4.78 is 4.81. The first kappa shape index (κ1) is 9.06. The van der Waals surface area contributed by atoms with Gasteiger partial charge < -0.3 is 10.1 Å². The molecule has 1 atom stereocenters. The van der Waals surface area contributed by atoms with Gasteiger partial charge in [0.15, 0.2) is 0 Å². The van der Waals surface area contributed by atoms with Crippen molar-refractivity contribution in [1.82, 2.24) is 5.32 Å². The van der Waals surface area contributed by atoms with E-state index in [4.69, 9.17) is 4.74 Å². The van der Waals surface area contributed by atoms with Crippen molar-refractivity contribution in [2.24, 2.45) is 0 Å². The SMILES string of the molecule is Cc1cccc([C@@H]2CCOC(=O)N2)c1. The summed E-state index contributed by atoms with van der Waals surface area (Å²) in [5.74, 6) is 0. The second-order valence-corrected chi connectivity index (χ2v) is 3.54. The standard InChI is InChI=1S/C11H13NO2/c1-8-3-2-4-9(7-8)10-5-6-14-11(13)12-10/h2-4,7,10H,5-6H2,1H3,(H,12,13)/t10-/m0/s1. The number of carbonyl (C=O) groups is 1. The summed E-state index contributed by atoms with van der Waals surface area (Å²) in [6.07, 6.45) is 0.526. The van der Waals surface area contributed by atoms with Crippen LogP contribution < -0.4 is 5.32 Å². The van der Waals surface area contributed by atoms with Crippen LogP contribution in [0.4, 0.5) is 4.79 Å². The predicted molar refractivity (Wildman–Crippen MR) is 53.0 cm³/mol. The van der Waals surface area contributed by atoms with Gasteiger partial charge in [-0.15, -0.1) is 0 Å². The molecule has 3 nitrogen and oxygen atoms in total. The van der Waals surface area contributed by atoms with Crippen molar-refractivity contribution in [3.63, 3.8) is 0 Å². The van der Waals surface area contributed by atoms with Crippen molar-refractivity contribution in [3.05, 3.63) is 35.4 Å². The highest BCUT2D eigenvalue weighted by Gasteiger charge is 2.20. The number of hydrogen-bond acceptors (Lipinski definition) is 2. The van der Waals surface area contributed by atoms with Gasteiger partial charge in [0.05, 0.1) is 12.6 Å². The Bertz CT molecular complexity index is 349. The first-order valence-corrected chi connectivity index (χ1v) is 4.75. The zero-order valence-corrected chi connectivity index (χ0v) is 8.12. The lowest BCUT2D eigenvalue weighted by molar-refractivity contribution is 0.115. The number of aryl methyl sites for hydroxylation is 1. The van der Waals surface area contributed by atoms with Gasteiger partial charge in [0, 0.05) is 6.42 Å². The van der Waals surface area contributed by atoms with Crippen LogP contribution in [0.15, 0.2) is 24.3 Å². The van der Waals surface area contributed by atoms with E-state index < -0.39 is 0 Å². The summed E-state index contributed by atoms with van der Waals surface area (Å²) >= 11 is 0. The van der Waals surface area contributed by atoms with E-state index >= 15 is 0 Å². The molecule has 1 amide bonds. The first-order chi connectivity index (χ1) is 6.75. The van der Waals surface area contributed by atoms with Gasteiger partial charge in [-0.05, 0) is 12.5 Å². The average Bonchev–Trinajstić information content (AvgIpc) is 2.18. The lowest BCUT2D eigenvalue weighted by atomic mass is 10.0. The molecule has 0 aliphatic carbocycles. The van der Waals surface area contributed by atoms with E-state index in [0.29, 0.717) is 6.61 Å². The predicted octanol–water partition coefficient (Wildman–Crippen LogP) is 2.17. The average molecular weight is 191 g/mol. The summed E-state index contributed by atoms with van der Waals surface area (Å²) in [6, 6.07) is 8.28. The van der Waals surface area contributed by atoms with Crippen LogP contribution in [-0.4, -0.2) is 12.7 Å². The topological polar surface area (TPSA) is 38.3 Å². The molecule has 0 saturated carbocycles. The van der Waals surface area contributed by atoms with Crippen LogP contribution in [0.5, 0.6) is 0 Å². The molecule has 1 aliphatic heterocycles. The highest BCUT2D eigenvalue weighted by atomic mass is 16.5. The van der Waals surface area contributed by atoms with Gasteiger partial charge in [0.25, 0.3) is 0 Å². The Kier molecular flexibility index (Phi) is 2.39. The molecule has 1 aromatic carbocycles. The summed E-state index contributed by atoms with van der Waals surface area (Å²) in [5, 5.41) is 2.80. The molecule has 1 saturated heterocycles. The normalized spacial score (nSPS) is 21.2. The molecule has 0 spiro atoms. The molecular weight excluding hydrogens is 178 g/mol. The lowest BCUT2D eigenvalue weighted by Crippen LogP contribution is -2.35. The molecule has 0 bridgehead atoms.